The summed E-state index contributed by atoms with van der Waals surface area (Å²) in [6.45, 7) is 3.19. The van der Waals surface area contributed by atoms with E-state index in [-0.39, 0.29) is 11.9 Å². The van der Waals surface area contributed by atoms with Gasteiger partial charge in [-0.05, 0) is 31.7 Å². The second-order valence-electron chi connectivity index (χ2n) is 5.05. The Morgan fingerprint density at radius 3 is 2.76 bits per heavy atom. The van der Waals surface area contributed by atoms with E-state index in [1.807, 2.05) is 18.0 Å². The summed E-state index contributed by atoms with van der Waals surface area (Å²) in [6, 6.07) is 4.52. The third-order valence-corrected chi connectivity index (χ3v) is 4.16. The van der Waals surface area contributed by atoms with Gasteiger partial charge >= 0.3 is 6.03 Å². The molecule has 5 nitrogen and oxygen atoms in total. The van der Waals surface area contributed by atoms with E-state index in [9.17, 15) is 9.59 Å². The van der Waals surface area contributed by atoms with E-state index in [4.69, 9.17) is 23.2 Å². The SMILES string of the molecule is CC(C(=O)N1CCNC1=O)N(C)Cc1ccc(Cl)cc1Cl. The van der Waals surface area contributed by atoms with E-state index in [1.54, 1.807) is 19.1 Å². The van der Waals surface area contributed by atoms with Crippen LogP contribution in [-0.2, 0) is 11.3 Å². The number of nitrogens with one attached hydrogen (secondary N) is 1. The van der Waals surface area contributed by atoms with E-state index >= 15 is 0 Å². The number of hydrogen-bond acceptors (Lipinski definition) is 3. The summed E-state index contributed by atoms with van der Waals surface area (Å²) in [5.41, 5.74) is 0.883. The third-order valence-electron chi connectivity index (χ3n) is 3.58. The summed E-state index contributed by atoms with van der Waals surface area (Å²) in [5, 5.41) is 3.76. The summed E-state index contributed by atoms with van der Waals surface area (Å²) in [7, 11) is 1.82. The monoisotopic (exact) mass is 329 g/mol. The zero-order valence-corrected chi connectivity index (χ0v) is 13.4. The van der Waals surface area contributed by atoms with Crippen LogP contribution in [0.15, 0.2) is 18.2 Å². The molecule has 0 radical (unpaired) electrons. The average Bonchev–Trinajstić information content (AvgIpc) is 2.86. The van der Waals surface area contributed by atoms with Crippen molar-refractivity contribution in [2.75, 3.05) is 20.1 Å². The highest BCUT2D eigenvalue weighted by Crippen LogP contribution is 2.22. The smallest absolute Gasteiger partial charge is 0.324 e. The Balaban J connectivity index is 2.03. The van der Waals surface area contributed by atoms with Crippen molar-refractivity contribution in [3.8, 4) is 0 Å². The van der Waals surface area contributed by atoms with Gasteiger partial charge in [0.05, 0.1) is 6.04 Å². The van der Waals surface area contributed by atoms with Crippen molar-refractivity contribution in [2.24, 2.45) is 0 Å². The quantitative estimate of drug-likeness (QED) is 0.922. The van der Waals surface area contributed by atoms with Gasteiger partial charge in [-0.3, -0.25) is 14.6 Å². The minimum absolute atomic E-state index is 0.211. The number of benzene rings is 1. The Morgan fingerprint density at radius 2 is 2.19 bits per heavy atom. The lowest BCUT2D eigenvalue weighted by Crippen LogP contribution is -2.46. The van der Waals surface area contributed by atoms with E-state index < -0.39 is 6.04 Å². The van der Waals surface area contributed by atoms with Crippen molar-refractivity contribution in [3.63, 3.8) is 0 Å². The number of amides is 3. The van der Waals surface area contributed by atoms with Gasteiger partial charge < -0.3 is 5.32 Å². The molecule has 1 aromatic rings. The van der Waals surface area contributed by atoms with Crippen LogP contribution < -0.4 is 5.32 Å². The first kappa shape index (κ1) is 16.1. The van der Waals surface area contributed by atoms with Crippen LogP contribution >= 0.6 is 23.2 Å². The van der Waals surface area contributed by atoms with Crippen molar-refractivity contribution < 1.29 is 9.59 Å². The summed E-state index contributed by atoms with van der Waals surface area (Å²) in [4.78, 5) is 26.9. The molecule has 21 heavy (non-hydrogen) atoms. The molecule has 1 heterocycles. The molecular formula is C14H17Cl2N3O2. The number of carbonyl (C=O) groups is 2. The summed E-state index contributed by atoms with van der Waals surface area (Å²) < 4.78 is 0. The van der Waals surface area contributed by atoms with Crippen LogP contribution in [0.3, 0.4) is 0 Å². The summed E-state index contributed by atoms with van der Waals surface area (Å²) in [6.07, 6.45) is 0. The fraction of sp³-hybridized carbons (Fsp3) is 0.429. The maximum atomic E-state index is 12.3. The topological polar surface area (TPSA) is 52.7 Å². The van der Waals surface area contributed by atoms with Crippen LogP contribution in [0.1, 0.15) is 12.5 Å². The van der Waals surface area contributed by atoms with Crippen LogP contribution in [0.2, 0.25) is 10.0 Å². The molecule has 0 saturated carbocycles. The minimum Gasteiger partial charge on any atom is -0.336 e. The Bertz CT molecular complexity index is 565. The Kier molecular flexibility index (Phi) is 5.08. The van der Waals surface area contributed by atoms with Gasteiger partial charge in [0.1, 0.15) is 0 Å². The molecule has 1 fully saturated rings. The molecule has 3 amide bonds. The molecule has 0 aromatic heterocycles. The van der Waals surface area contributed by atoms with Crippen molar-refractivity contribution in [1.82, 2.24) is 15.1 Å². The number of nitrogens with zero attached hydrogens (tertiary/aromatic N) is 2. The summed E-state index contributed by atoms with van der Waals surface area (Å²) in [5.74, 6) is -0.211. The number of urea groups is 1. The maximum absolute atomic E-state index is 12.3. The van der Waals surface area contributed by atoms with Crippen LogP contribution in [0.5, 0.6) is 0 Å². The molecule has 1 N–H and O–H groups in total. The third kappa shape index (κ3) is 3.67. The van der Waals surface area contributed by atoms with Crippen molar-refractivity contribution >= 4 is 35.1 Å². The molecule has 1 aliphatic rings. The fourth-order valence-electron chi connectivity index (χ4n) is 2.15. The van der Waals surface area contributed by atoms with E-state index in [0.29, 0.717) is 29.7 Å². The predicted octanol–water partition coefficient (Wildman–Crippen LogP) is 2.37. The fourth-order valence-corrected chi connectivity index (χ4v) is 2.62. The number of halogens is 2. The van der Waals surface area contributed by atoms with Crippen LogP contribution in [0.4, 0.5) is 4.79 Å². The second kappa shape index (κ2) is 6.64. The predicted molar refractivity (Wildman–Crippen MR) is 82.5 cm³/mol. The lowest BCUT2D eigenvalue weighted by atomic mass is 10.2. The number of hydrogen-bond donors (Lipinski definition) is 1. The second-order valence-corrected chi connectivity index (χ2v) is 5.89. The van der Waals surface area contributed by atoms with Gasteiger partial charge in [-0.25, -0.2) is 4.79 Å². The van der Waals surface area contributed by atoms with Gasteiger partial charge in [-0.15, -0.1) is 0 Å². The van der Waals surface area contributed by atoms with Gasteiger partial charge in [0, 0.05) is 29.7 Å². The van der Waals surface area contributed by atoms with Gasteiger partial charge in [-0.1, -0.05) is 29.3 Å². The molecule has 1 unspecified atom stereocenters. The minimum atomic E-state index is -0.416. The van der Waals surface area contributed by atoms with Crippen LogP contribution in [0.25, 0.3) is 0 Å². The Morgan fingerprint density at radius 1 is 1.48 bits per heavy atom. The van der Waals surface area contributed by atoms with E-state index in [0.717, 1.165) is 5.56 Å². The number of carbonyl (C=O) groups excluding carboxylic acids is 2. The molecule has 0 spiro atoms. The first-order valence-electron chi connectivity index (χ1n) is 6.63. The lowest BCUT2D eigenvalue weighted by Gasteiger charge is -2.26. The first-order chi connectivity index (χ1) is 9.90. The van der Waals surface area contributed by atoms with Crippen molar-refractivity contribution in [1.29, 1.82) is 0 Å². The van der Waals surface area contributed by atoms with E-state index in [1.165, 1.54) is 4.90 Å². The van der Waals surface area contributed by atoms with Crippen molar-refractivity contribution in [3.05, 3.63) is 33.8 Å². The molecule has 2 rings (SSSR count). The van der Waals surface area contributed by atoms with Gasteiger partial charge in [0.25, 0.3) is 0 Å². The molecule has 7 heteroatoms. The molecule has 1 aliphatic heterocycles. The summed E-state index contributed by atoms with van der Waals surface area (Å²) >= 11 is 12.0. The lowest BCUT2D eigenvalue weighted by molar-refractivity contribution is -0.132. The molecule has 0 aliphatic carbocycles. The number of imide groups is 1. The largest absolute Gasteiger partial charge is 0.336 e. The zero-order valence-electron chi connectivity index (χ0n) is 11.9. The zero-order chi connectivity index (χ0) is 15.6. The molecule has 0 bridgehead atoms. The maximum Gasteiger partial charge on any atom is 0.324 e. The molecule has 1 saturated heterocycles. The first-order valence-corrected chi connectivity index (χ1v) is 7.39. The molecule has 1 aromatic carbocycles. The van der Waals surface area contributed by atoms with Gasteiger partial charge in [-0.2, -0.15) is 0 Å². The highest BCUT2D eigenvalue weighted by atomic mass is 35.5. The van der Waals surface area contributed by atoms with Gasteiger partial charge in [0.15, 0.2) is 0 Å². The number of likely N-dealkylation sites (N-methyl/N-ethyl adjacent to an activating group) is 1. The standard InChI is InChI=1S/C14H17Cl2N3O2/c1-9(13(20)19-6-5-17-14(19)21)18(2)8-10-3-4-11(15)7-12(10)16/h3-4,7,9H,5-6,8H2,1-2H3,(H,17,21). The van der Waals surface area contributed by atoms with Crippen LogP contribution in [-0.4, -0.2) is 47.9 Å². The van der Waals surface area contributed by atoms with Gasteiger partial charge in [0.2, 0.25) is 5.91 Å². The molecule has 1 atom stereocenters. The number of rotatable bonds is 4. The van der Waals surface area contributed by atoms with Crippen LogP contribution in [0, 0.1) is 0 Å². The molecular weight excluding hydrogens is 313 g/mol. The highest BCUT2D eigenvalue weighted by Gasteiger charge is 2.31. The normalized spacial score (nSPS) is 16.2. The Labute approximate surface area is 133 Å². The highest BCUT2D eigenvalue weighted by molar-refractivity contribution is 6.35. The average molecular weight is 330 g/mol. The molecule has 114 valence electrons. The van der Waals surface area contributed by atoms with Crippen molar-refractivity contribution in [2.45, 2.75) is 19.5 Å². The van der Waals surface area contributed by atoms with E-state index in [2.05, 4.69) is 5.32 Å². The Hall–Kier alpha value is -1.30.